The van der Waals surface area contributed by atoms with Gasteiger partial charge < -0.3 is 10.2 Å². The highest BCUT2D eigenvalue weighted by Crippen LogP contribution is 2.15. The molecule has 4 nitrogen and oxygen atoms in total. The summed E-state index contributed by atoms with van der Waals surface area (Å²) in [5.41, 5.74) is -0.519. The molecule has 16 heavy (non-hydrogen) atoms. The molecule has 0 aromatic carbocycles. The van der Waals surface area contributed by atoms with Crippen molar-refractivity contribution in [2.45, 2.75) is 32.9 Å². The molecular weight excluding hydrogens is 222 g/mol. The highest BCUT2D eigenvalue weighted by atomic mass is 32.1. The van der Waals surface area contributed by atoms with E-state index in [9.17, 15) is 4.79 Å². The van der Waals surface area contributed by atoms with Crippen LogP contribution < -0.4 is 5.32 Å². The monoisotopic (exact) mass is 241 g/mol. The molecule has 0 aliphatic heterocycles. The average molecular weight is 241 g/mol. The molecule has 1 heterocycles. The number of nitrogens with one attached hydrogen (secondary N) is 1. The van der Waals surface area contributed by atoms with Crippen LogP contribution in [-0.4, -0.2) is 35.4 Å². The van der Waals surface area contributed by atoms with Crippen molar-refractivity contribution in [3.63, 3.8) is 0 Å². The maximum absolute atomic E-state index is 12.1. The zero-order valence-corrected chi connectivity index (χ0v) is 11.3. The number of carbonyl (C=O) groups excluding carboxylic acids is 1. The fraction of sp³-hybridized carbons (Fsp3) is 0.636. The molecule has 1 aromatic heterocycles. The summed E-state index contributed by atoms with van der Waals surface area (Å²) in [6.07, 6.45) is 1.83. The minimum absolute atomic E-state index is 0.0843. The maximum atomic E-state index is 12.1. The SMILES string of the molecule is CNC(C)(C)C(=O)N(C)Cc1cnc(C)s1. The van der Waals surface area contributed by atoms with E-state index in [1.165, 1.54) is 0 Å². The molecule has 5 heteroatoms. The Kier molecular flexibility index (Phi) is 4.04. The smallest absolute Gasteiger partial charge is 0.242 e. The van der Waals surface area contributed by atoms with Crippen molar-refractivity contribution in [2.24, 2.45) is 0 Å². The van der Waals surface area contributed by atoms with Crippen molar-refractivity contribution < 1.29 is 4.79 Å². The number of likely N-dealkylation sites (N-methyl/N-ethyl adjacent to an activating group) is 2. The Hall–Kier alpha value is -0.940. The molecule has 0 saturated carbocycles. The van der Waals surface area contributed by atoms with Crippen LogP contribution in [0.5, 0.6) is 0 Å². The van der Waals surface area contributed by atoms with Gasteiger partial charge in [0.25, 0.3) is 0 Å². The fourth-order valence-electron chi connectivity index (χ4n) is 1.37. The summed E-state index contributed by atoms with van der Waals surface area (Å²) in [5, 5.41) is 4.04. The molecule has 0 spiro atoms. The van der Waals surface area contributed by atoms with E-state index in [0.717, 1.165) is 9.88 Å². The van der Waals surface area contributed by atoms with E-state index in [1.54, 1.807) is 23.3 Å². The second-order valence-corrected chi connectivity index (χ2v) is 5.70. The number of amides is 1. The molecule has 0 aliphatic rings. The van der Waals surface area contributed by atoms with Crippen molar-refractivity contribution in [1.29, 1.82) is 0 Å². The molecule has 90 valence electrons. The van der Waals surface area contributed by atoms with E-state index in [4.69, 9.17) is 0 Å². The van der Waals surface area contributed by atoms with Crippen LogP contribution in [0.15, 0.2) is 6.20 Å². The topological polar surface area (TPSA) is 45.2 Å². The van der Waals surface area contributed by atoms with Crippen LogP contribution in [0.25, 0.3) is 0 Å². The zero-order chi connectivity index (χ0) is 12.3. The first kappa shape index (κ1) is 13.1. The number of aromatic nitrogens is 1. The van der Waals surface area contributed by atoms with Gasteiger partial charge in [0, 0.05) is 18.1 Å². The summed E-state index contributed by atoms with van der Waals surface area (Å²) in [7, 11) is 3.61. The molecule has 0 aliphatic carbocycles. The van der Waals surface area contributed by atoms with Gasteiger partial charge >= 0.3 is 0 Å². The highest BCUT2D eigenvalue weighted by Gasteiger charge is 2.28. The van der Waals surface area contributed by atoms with E-state index in [-0.39, 0.29) is 5.91 Å². The Labute approximate surface area is 101 Å². The molecule has 0 radical (unpaired) electrons. The summed E-state index contributed by atoms with van der Waals surface area (Å²) in [4.78, 5) is 19.1. The molecule has 0 bridgehead atoms. The van der Waals surface area contributed by atoms with E-state index < -0.39 is 5.54 Å². The second kappa shape index (κ2) is 4.93. The van der Waals surface area contributed by atoms with Crippen LogP contribution in [0.4, 0.5) is 0 Å². The van der Waals surface area contributed by atoms with Gasteiger partial charge in [-0.25, -0.2) is 4.98 Å². The van der Waals surface area contributed by atoms with Gasteiger partial charge in [-0.2, -0.15) is 0 Å². The summed E-state index contributed by atoms with van der Waals surface area (Å²) < 4.78 is 0. The van der Waals surface area contributed by atoms with E-state index in [0.29, 0.717) is 6.54 Å². The Bertz CT molecular complexity index is 373. The summed E-state index contributed by atoms with van der Waals surface area (Å²) in [5.74, 6) is 0.0843. The lowest BCUT2D eigenvalue weighted by atomic mass is 10.0. The number of rotatable bonds is 4. The quantitative estimate of drug-likeness (QED) is 0.867. The Morgan fingerprint density at radius 3 is 2.69 bits per heavy atom. The zero-order valence-electron chi connectivity index (χ0n) is 10.5. The number of aryl methyl sites for hydroxylation is 1. The van der Waals surface area contributed by atoms with Crippen molar-refractivity contribution in [2.75, 3.05) is 14.1 Å². The molecular formula is C11H19N3OS. The molecule has 1 rings (SSSR count). The van der Waals surface area contributed by atoms with Crippen molar-refractivity contribution in [1.82, 2.24) is 15.2 Å². The first-order valence-corrected chi connectivity index (χ1v) is 6.04. The average Bonchev–Trinajstić information content (AvgIpc) is 2.62. The lowest BCUT2D eigenvalue weighted by molar-refractivity contribution is -0.136. The molecule has 0 unspecified atom stereocenters. The van der Waals surface area contributed by atoms with Crippen molar-refractivity contribution in [3.05, 3.63) is 16.1 Å². The Morgan fingerprint density at radius 2 is 2.25 bits per heavy atom. The standard InChI is InChI=1S/C11H19N3OS/c1-8-13-6-9(16-8)7-14(5)10(15)11(2,3)12-4/h6,12H,7H2,1-5H3. The molecule has 0 atom stereocenters. The minimum atomic E-state index is -0.519. The van der Waals surface area contributed by atoms with Crippen LogP contribution in [0, 0.1) is 6.92 Å². The van der Waals surface area contributed by atoms with Gasteiger partial charge in [-0.3, -0.25) is 4.79 Å². The first-order valence-electron chi connectivity index (χ1n) is 5.22. The number of thiazole rings is 1. The van der Waals surface area contributed by atoms with Crippen LogP contribution in [0.2, 0.25) is 0 Å². The van der Waals surface area contributed by atoms with Gasteiger partial charge in [0.2, 0.25) is 5.91 Å². The van der Waals surface area contributed by atoms with Gasteiger partial charge in [0.1, 0.15) is 0 Å². The van der Waals surface area contributed by atoms with Crippen LogP contribution in [0.3, 0.4) is 0 Å². The number of hydrogen-bond acceptors (Lipinski definition) is 4. The third-order valence-electron chi connectivity index (χ3n) is 2.57. The van der Waals surface area contributed by atoms with Gasteiger partial charge in [-0.05, 0) is 27.8 Å². The van der Waals surface area contributed by atoms with Crippen LogP contribution in [-0.2, 0) is 11.3 Å². The largest absolute Gasteiger partial charge is 0.339 e. The number of carbonyl (C=O) groups is 1. The predicted molar refractivity (Wildman–Crippen MR) is 66.5 cm³/mol. The lowest BCUT2D eigenvalue weighted by Gasteiger charge is -2.28. The molecule has 0 saturated heterocycles. The normalized spacial score (nSPS) is 11.6. The first-order chi connectivity index (χ1) is 7.36. The number of hydrogen-bond donors (Lipinski definition) is 1. The highest BCUT2D eigenvalue weighted by molar-refractivity contribution is 7.11. The van der Waals surface area contributed by atoms with Crippen molar-refractivity contribution >= 4 is 17.2 Å². The third-order valence-corrected chi connectivity index (χ3v) is 3.47. The third kappa shape index (κ3) is 3.02. The maximum Gasteiger partial charge on any atom is 0.242 e. The van der Waals surface area contributed by atoms with E-state index in [2.05, 4.69) is 10.3 Å². The van der Waals surface area contributed by atoms with Gasteiger partial charge in [-0.1, -0.05) is 0 Å². The van der Waals surface area contributed by atoms with E-state index >= 15 is 0 Å². The fourth-order valence-corrected chi connectivity index (χ4v) is 2.22. The summed E-state index contributed by atoms with van der Waals surface area (Å²) in [6.45, 7) is 6.34. The van der Waals surface area contributed by atoms with Gasteiger partial charge in [-0.15, -0.1) is 11.3 Å². The van der Waals surface area contributed by atoms with Crippen LogP contribution >= 0.6 is 11.3 Å². The molecule has 1 N–H and O–H groups in total. The van der Waals surface area contributed by atoms with Crippen LogP contribution in [0.1, 0.15) is 23.7 Å². The molecule has 1 amide bonds. The predicted octanol–water partition coefficient (Wildman–Crippen LogP) is 1.41. The lowest BCUT2D eigenvalue weighted by Crippen LogP contribution is -2.51. The Morgan fingerprint density at radius 1 is 1.62 bits per heavy atom. The van der Waals surface area contributed by atoms with Crippen molar-refractivity contribution in [3.8, 4) is 0 Å². The van der Waals surface area contributed by atoms with Gasteiger partial charge in [0.05, 0.1) is 17.1 Å². The molecule has 0 fully saturated rings. The second-order valence-electron chi connectivity index (χ2n) is 4.38. The minimum Gasteiger partial charge on any atom is -0.339 e. The number of nitrogens with zero attached hydrogens (tertiary/aromatic N) is 2. The summed E-state index contributed by atoms with van der Waals surface area (Å²) in [6, 6.07) is 0. The van der Waals surface area contributed by atoms with Gasteiger partial charge in [0.15, 0.2) is 0 Å². The van der Waals surface area contributed by atoms with E-state index in [1.807, 2.05) is 34.0 Å². The summed E-state index contributed by atoms with van der Waals surface area (Å²) >= 11 is 1.63. The molecule has 1 aromatic rings. The Balaban J connectivity index is 2.65.